The maximum Gasteiger partial charge on any atom is 0.228 e. The van der Waals surface area contributed by atoms with Crippen molar-refractivity contribution in [2.45, 2.75) is 38.4 Å². The van der Waals surface area contributed by atoms with Gasteiger partial charge in [-0.2, -0.15) is 5.10 Å². The van der Waals surface area contributed by atoms with Crippen LogP contribution in [-0.2, 0) is 22.7 Å². The lowest BCUT2D eigenvalue weighted by Gasteiger charge is -2.25. The molecule has 0 spiro atoms. The molecular formula is C24H25N5O2. The third-order valence-electron chi connectivity index (χ3n) is 5.92. The highest BCUT2D eigenvalue weighted by atomic mass is 16.2. The number of hydrogen-bond acceptors (Lipinski definition) is 4. The minimum absolute atomic E-state index is 0.0247. The molecule has 31 heavy (non-hydrogen) atoms. The Morgan fingerprint density at radius 1 is 1.10 bits per heavy atom. The summed E-state index contributed by atoms with van der Waals surface area (Å²) in [5.41, 5.74) is 2.83. The van der Waals surface area contributed by atoms with E-state index >= 15 is 0 Å². The van der Waals surface area contributed by atoms with Crippen LogP contribution in [0.1, 0.15) is 30.5 Å². The van der Waals surface area contributed by atoms with Gasteiger partial charge in [-0.25, -0.2) is 4.68 Å². The van der Waals surface area contributed by atoms with E-state index < -0.39 is 0 Å². The van der Waals surface area contributed by atoms with Crippen LogP contribution in [0.15, 0.2) is 67.1 Å². The Morgan fingerprint density at radius 3 is 2.65 bits per heavy atom. The number of benzene rings is 1. The third kappa shape index (κ3) is 4.35. The quantitative estimate of drug-likeness (QED) is 0.595. The summed E-state index contributed by atoms with van der Waals surface area (Å²) in [6, 6.07) is 15.9. The van der Waals surface area contributed by atoms with E-state index in [1.807, 2.05) is 70.5 Å². The van der Waals surface area contributed by atoms with Crippen LogP contribution in [-0.4, -0.2) is 49.0 Å². The number of pyridine rings is 1. The van der Waals surface area contributed by atoms with E-state index in [4.69, 9.17) is 0 Å². The molecule has 1 atom stereocenters. The number of carbonyl (C=O) groups excluding carboxylic acids is 2. The molecule has 7 heteroatoms. The number of aromatic nitrogens is 3. The van der Waals surface area contributed by atoms with Gasteiger partial charge in [0.05, 0.1) is 30.0 Å². The van der Waals surface area contributed by atoms with Crippen molar-refractivity contribution in [1.82, 2.24) is 24.6 Å². The predicted octanol–water partition coefficient (Wildman–Crippen LogP) is 2.81. The Labute approximate surface area is 181 Å². The van der Waals surface area contributed by atoms with Gasteiger partial charge in [0.2, 0.25) is 11.8 Å². The monoisotopic (exact) mass is 415 g/mol. The van der Waals surface area contributed by atoms with Crippen LogP contribution >= 0.6 is 0 Å². The molecule has 158 valence electrons. The van der Waals surface area contributed by atoms with Crippen LogP contribution in [0.25, 0.3) is 5.69 Å². The number of rotatable bonds is 7. The predicted molar refractivity (Wildman–Crippen MR) is 115 cm³/mol. The van der Waals surface area contributed by atoms with Crippen LogP contribution in [0.5, 0.6) is 0 Å². The zero-order valence-corrected chi connectivity index (χ0v) is 17.3. The standard InChI is InChI=1S/C24H25N5O2/c30-23-12-19(16-27(23)17-20-6-4-5-11-25-20)24(31)28(21-9-10-21)14-18-13-26-29(15-18)22-7-2-1-3-8-22/h1-8,11,13,15,19,21H,9-10,12,14,16-17H2. The van der Waals surface area contributed by atoms with Crippen LogP contribution < -0.4 is 0 Å². The number of carbonyl (C=O) groups is 2. The molecule has 1 aliphatic heterocycles. The van der Waals surface area contributed by atoms with Crippen molar-refractivity contribution in [3.63, 3.8) is 0 Å². The fourth-order valence-corrected chi connectivity index (χ4v) is 4.15. The summed E-state index contributed by atoms with van der Waals surface area (Å²) in [7, 11) is 0. The summed E-state index contributed by atoms with van der Waals surface area (Å²) in [4.78, 5) is 33.9. The summed E-state index contributed by atoms with van der Waals surface area (Å²) >= 11 is 0. The molecule has 2 amide bonds. The molecule has 2 aromatic heterocycles. The van der Waals surface area contributed by atoms with Gasteiger partial charge in [-0.15, -0.1) is 0 Å². The largest absolute Gasteiger partial charge is 0.336 e. The SMILES string of the molecule is O=C1CC(C(=O)N(Cc2cnn(-c3ccccc3)c2)C2CC2)CN1Cc1ccccn1. The van der Waals surface area contributed by atoms with Gasteiger partial charge in [0.1, 0.15) is 0 Å². The minimum atomic E-state index is -0.291. The molecule has 1 saturated carbocycles. The highest BCUT2D eigenvalue weighted by molar-refractivity contribution is 5.89. The topological polar surface area (TPSA) is 71.3 Å². The first-order valence-electron chi connectivity index (χ1n) is 10.7. The van der Waals surface area contributed by atoms with Crippen molar-refractivity contribution in [3.05, 3.63) is 78.4 Å². The van der Waals surface area contributed by atoms with Crippen molar-refractivity contribution in [1.29, 1.82) is 0 Å². The maximum absolute atomic E-state index is 13.4. The molecule has 7 nitrogen and oxygen atoms in total. The Morgan fingerprint density at radius 2 is 1.90 bits per heavy atom. The zero-order valence-electron chi connectivity index (χ0n) is 17.3. The van der Waals surface area contributed by atoms with E-state index in [0.29, 0.717) is 19.6 Å². The van der Waals surface area contributed by atoms with Crippen molar-refractivity contribution in [2.24, 2.45) is 5.92 Å². The first-order chi connectivity index (χ1) is 15.2. The van der Waals surface area contributed by atoms with Gasteiger partial charge in [-0.3, -0.25) is 14.6 Å². The molecule has 1 saturated heterocycles. The van der Waals surface area contributed by atoms with E-state index in [9.17, 15) is 9.59 Å². The summed E-state index contributed by atoms with van der Waals surface area (Å²) in [5.74, 6) is -0.190. The molecule has 0 N–H and O–H groups in total. The fourth-order valence-electron chi connectivity index (χ4n) is 4.15. The molecule has 0 bridgehead atoms. The first-order valence-corrected chi connectivity index (χ1v) is 10.7. The molecule has 3 aromatic rings. The summed E-state index contributed by atoms with van der Waals surface area (Å²) < 4.78 is 1.83. The minimum Gasteiger partial charge on any atom is -0.336 e. The second-order valence-corrected chi connectivity index (χ2v) is 8.32. The lowest BCUT2D eigenvalue weighted by Crippen LogP contribution is -2.38. The van der Waals surface area contributed by atoms with E-state index in [-0.39, 0.29) is 30.2 Å². The van der Waals surface area contributed by atoms with Crippen LogP contribution in [0.4, 0.5) is 0 Å². The van der Waals surface area contributed by atoms with Crippen molar-refractivity contribution >= 4 is 11.8 Å². The normalized spacial score (nSPS) is 18.4. The number of para-hydroxylation sites is 1. The molecule has 1 unspecified atom stereocenters. The van der Waals surface area contributed by atoms with Gasteiger partial charge in [0.25, 0.3) is 0 Å². The lowest BCUT2D eigenvalue weighted by molar-refractivity contribution is -0.137. The van der Waals surface area contributed by atoms with Crippen LogP contribution in [0.2, 0.25) is 0 Å². The second kappa shape index (κ2) is 8.34. The third-order valence-corrected chi connectivity index (χ3v) is 5.92. The van der Waals surface area contributed by atoms with E-state index in [1.54, 1.807) is 11.1 Å². The number of nitrogens with zero attached hydrogens (tertiary/aromatic N) is 5. The Hall–Kier alpha value is -3.48. The van der Waals surface area contributed by atoms with E-state index in [1.165, 1.54) is 0 Å². The Balaban J connectivity index is 1.26. The molecule has 5 rings (SSSR count). The molecule has 0 radical (unpaired) electrons. The van der Waals surface area contributed by atoms with Crippen molar-refractivity contribution in [3.8, 4) is 5.69 Å². The van der Waals surface area contributed by atoms with Gasteiger partial charge < -0.3 is 9.80 Å². The van der Waals surface area contributed by atoms with Gasteiger partial charge >= 0.3 is 0 Å². The summed E-state index contributed by atoms with van der Waals surface area (Å²) in [6.45, 7) is 1.44. The Kier molecular flexibility index (Phi) is 5.24. The molecule has 3 heterocycles. The maximum atomic E-state index is 13.4. The number of likely N-dealkylation sites (tertiary alicyclic amines) is 1. The second-order valence-electron chi connectivity index (χ2n) is 8.32. The van der Waals surface area contributed by atoms with E-state index in [0.717, 1.165) is 29.8 Å². The number of amides is 2. The average Bonchev–Trinajstić information content (AvgIpc) is 3.43. The van der Waals surface area contributed by atoms with E-state index in [2.05, 4.69) is 10.1 Å². The van der Waals surface area contributed by atoms with Crippen molar-refractivity contribution < 1.29 is 9.59 Å². The highest BCUT2D eigenvalue weighted by Gasteiger charge is 2.41. The van der Waals surface area contributed by atoms with Gasteiger partial charge in [-0.1, -0.05) is 24.3 Å². The first kappa shape index (κ1) is 19.5. The molecule has 2 fully saturated rings. The summed E-state index contributed by atoms with van der Waals surface area (Å²) in [5, 5.41) is 4.46. The zero-order chi connectivity index (χ0) is 21.2. The lowest BCUT2D eigenvalue weighted by atomic mass is 10.1. The number of hydrogen-bond donors (Lipinski definition) is 0. The molecule has 1 aliphatic carbocycles. The van der Waals surface area contributed by atoms with Crippen LogP contribution in [0.3, 0.4) is 0 Å². The molecular weight excluding hydrogens is 390 g/mol. The van der Waals surface area contributed by atoms with Crippen molar-refractivity contribution in [2.75, 3.05) is 6.54 Å². The smallest absolute Gasteiger partial charge is 0.228 e. The average molecular weight is 415 g/mol. The fraction of sp³-hybridized carbons (Fsp3) is 0.333. The molecule has 1 aromatic carbocycles. The van der Waals surface area contributed by atoms with Crippen LogP contribution in [0, 0.1) is 5.92 Å². The Bertz CT molecular complexity index is 1060. The van der Waals surface area contributed by atoms with Gasteiger partial charge in [-0.05, 0) is 37.1 Å². The molecule has 2 aliphatic rings. The van der Waals surface area contributed by atoms with Gasteiger partial charge in [0.15, 0.2) is 0 Å². The summed E-state index contributed by atoms with van der Waals surface area (Å²) in [6.07, 6.45) is 7.85. The van der Waals surface area contributed by atoms with Gasteiger partial charge in [0, 0.05) is 43.5 Å². The highest BCUT2D eigenvalue weighted by Crippen LogP contribution is 2.32.